The molecule has 0 atom stereocenters. The van der Waals surface area contributed by atoms with Crippen molar-refractivity contribution in [1.82, 2.24) is 5.06 Å². The third-order valence-corrected chi connectivity index (χ3v) is 2.32. The summed E-state index contributed by atoms with van der Waals surface area (Å²) in [4.78, 5) is 0. The molecule has 0 heterocycles. The van der Waals surface area contributed by atoms with Gasteiger partial charge in [-0.15, -0.1) is 4.33 Å². The molecule has 0 spiro atoms. The molecular formula is C4H11NO7S2. The number of hydrogen-bond donors (Lipinski definition) is 3. The second-order valence-electron chi connectivity index (χ2n) is 2.20. The van der Waals surface area contributed by atoms with Crippen molar-refractivity contribution < 1.29 is 32.8 Å². The van der Waals surface area contributed by atoms with Gasteiger partial charge in [0.05, 0.1) is 5.75 Å². The summed E-state index contributed by atoms with van der Waals surface area (Å²) < 4.78 is 32.8. The molecule has 0 saturated carbocycles. The number of rotatable bonds is 8. The van der Waals surface area contributed by atoms with Crippen LogP contribution in [0.3, 0.4) is 0 Å². The van der Waals surface area contributed by atoms with Gasteiger partial charge >= 0.3 is 0 Å². The van der Waals surface area contributed by atoms with Crippen LogP contribution in [0, 0.1) is 0 Å². The van der Waals surface area contributed by atoms with Crippen LogP contribution in [-0.2, 0) is 19.5 Å². The summed E-state index contributed by atoms with van der Waals surface area (Å²) in [5.41, 5.74) is 0. The molecule has 8 nitrogen and oxygen atoms in total. The Kier molecular flexibility index (Phi) is 7.40. The summed E-state index contributed by atoms with van der Waals surface area (Å²) in [6.07, 6.45) is 0. The molecule has 0 aliphatic rings. The lowest BCUT2D eigenvalue weighted by atomic mass is 10.6. The smallest absolute Gasteiger partial charge is 0.266 e. The molecule has 0 rings (SSSR count). The second-order valence-corrected chi connectivity index (χ2v) is 4.56. The van der Waals surface area contributed by atoms with Gasteiger partial charge in [0.25, 0.3) is 10.1 Å². The molecule has 0 aromatic rings. The molecule has 0 bridgehead atoms. The van der Waals surface area contributed by atoms with Crippen LogP contribution in [0.25, 0.3) is 0 Å². The average Bonchev–Trinajstić information content (AvgIpc) is 2.08. The Balaban J connectivity index is 3.42. The Morgan fingerprint density at radius 2 is 2.00 bits per heavy atom. The molecule has 0 fully saturated rings. The van der Waals surface area contributed by atoms with Gasteiger partial charge in [0.15, 0.2) is 0 Å². The van der Waals surface area contributed by atoms with E-state index < -0.39 is 15.9 Å². The molecule has 0 radical (unpaired) electrons. The first-order chi connectivity index (χ1) is 6.45. The fourth-order valence-corrected chi connectivity index (χ4v) is 1.37. The van der Waals surface area contributed by atoms with Crippen molar-refractivity contribution in [2.45, 2.75) is 0 Å². The van der Waals surface area contributed by atoms with Crippen LogP contribution >= 0.6 is 12.0 Å². The SMILES string of the molecule is O=S(=O)(O)CCN(O)CCSOOO. The van der Waals surface area contributed by atoms with Crippen molar-refractivity contribution in [1.29, 1.82) is 0 Å². The second kappa shape index (κ2) is 7.36. The minimum atomic E-state index is -4.06. The van der Waals surface area contributed by atoms with Crippen molar-refractivity contribution in [2.75, 3.05) is 24.6 Å². The molecule has 14 heavy (non-hydrogen) atoms. The van der Waals surface area contributed by atoms with Crippen molar-refractivity contribution >= 4 is 22.2 Å². The third-order valence-electron chi connectivity index (χ3n) is 1.12. The summed E-state index contributed by atoms with van der Waals surface area (Å²) in [5, 5.41) is 20.7. The van der Waals surface area contributed by atoms with E-state index in [-0.39, 0.29) is 18.8 Å². The predicted octanol–water partition coefficient (Wildman–Crippen LogP) is -0.365. The minimum Gasteiger partial charge on any atom is -0.314 e. The summed E-state index contributed by atoms with van der Waals surface area (Å²) >= 11 is 0.729. The fourth-order valence-electron chi connectivity index (χ4n) is 0.531. The summed E-state index contributed by atoms with van der Waals surface area (Å²) in [7, 11) is -4.06. The van der Waals surface area contributed by atoms with Gasteiger partial charge in [-0.1, -0.05) is 5.04 Å². The molecule has 3 N–H and O–H groups in total. The lowest BCUT2D eigenvalue weighted by Gasteiger charge is -2.11. The van der Waals surface area contributed by atoms with E-state index in [1.54, 1.807) is 0 Å². The highest BCUT2D eigenvalue weighted by Gasteiger charge is 2.08. The summed E-state index contributed by atoms with van der Waals surface area (Å²) in [6, 6.07) is 0. The van der Waals surface area contributed by atoms with Crippen LogP contribution in [0.4, 0.5) is 0 Å². The highest BCUT2D eigenvalue weighted by molar-refractivity contribution is 7.94. The van der Waals surface area contributed by atoms with E-state index in [2.05, 4.69) is 9.37 Å². The van der Waals surface area contributed by atoms with Gasteiger partial charge in [-0.3, -0.25) is 4.55 Å². The molecule has 86 valence electrons. The highest BCUT2D eigenvalue weighted by atomic mass is 32.2. The Morgan fingerprint density at radius 1 is 1.36 bits per heavy atom. The normalized spacial score (nSPS) is 12.3. The summed E-state index contributed by atoms with van der Waals surface area (Å²) in [6.45, 7) is -0.108. The summed E-state index contributed by atoms with van der Waals surface area (Å²) in [5.74, 6) is -0.298. The van der Waals surface area contributed by atoms with Gasteiger partial charge < -0.3 is 5.21 Å². The van der Waals surface area contributed by atoms with Crippen LogP contribution in [0.5, 0.6) is 0 Å². The lowest BCUT2D eigenvalue weighted by Crippen LogP contribution is -2.28. The van der Waals surface area contributed by atoms with E-state index in [0.29, 0.717) is 5.06 Å². The molecular weight excluding hydrogens is 238 g/mol. The highest BCUT2D eigenvalue weighted by Crippen LogP contribution is 2.01. The first kappa shape index (κ1) is 14.1. The first-order valence-corrected chi connectivity index (χ1v) is 5.96. The van der Waals surface area contributed by atoms with Crippen molar-refractivity contribution in [3.05, 3.63) is 0 Å². The maximum absolute atomic E-state index is 10.2. The Bertz CT molecular complexity index is 230. The van der Waals surface area contributed by atoms with Gasteiger partial charge in [0.1, 0.15) is 0 Å². The zero-order valence-corrected chi connectivity index (χ0v) is 8.70. The van der Waals surface area contributed by atoms with Gasteiger partial charge in [0.2, 0.25) is 0 Å². The monoisotopic (exact) mass is 249 g/mol. The number of hydrogen-bond acceptors (Lipinski definition) is 8. The fraction of sp³-hybridized carbons (Fsp3) is 1.00. The Hall–Kier alpha value is 0.0600. The topological polar surface area (TPSA) is 117 Å². The van der Waals surface area contributed by atoms with Crippen LogP contribution in [0.2, 0.25) is 0 Å². The first-order valence-electron chi connectivity index (χ1n) is 3.44. The maximum Gasteiger partial charge on any atom is 0.266 e. The maximum atomic E-state index is 10.2. The molecule has 0 aliphatic heterocycles. The lowest BCUT2D eigenvalue weighted by molar-refractivity contribution is -0.432. The van der Waals surface area contributed by atoms with Crippen LogP contribution in [0.1, 0.15) is 0 Å². The van der Waals surface area contributed by atoms with Crippen LogP contribution in [0.15, 0.2) is 0 Å². The van der Waals surface area contributed by atoms with Crippen LogP contribution < -0.4 is 0 Å². The zero-order valence-electron chi connectivity index (χ0n) is 7.07. The molecule has 0 aliphatic carbocycles. The Labute approximate surface area is 85.2 Å². The number of nitrogens with zero attached hydrogens (tertiary/aromatic N) is 1. The molecule has 0 aromatic heterocycles. The average molecular weight is 249 g/mol. The van der Waals surface area contributed by atoms with Gasteiger partial charge in [-0.25, -0.2) is 5.26 Å². The van der Waals surface area contributed by atoms with Crippen molar-refractivity contribution in [3.63, 3.8) is 0 Å². The van der Waals surface area contributed by atoms with Gasteiger partial charge in [0, 0.05) is 30.9 Å². The molecule has 10 heteroatoms. The van der Waals surface area contributed by atoms with E-state index in [0.717, 1.165) is 12.0 Å². The van der Waals surface area contributed by atoms with Crippen LogP contribution in [-0.4, -0.2) is 53.1 Å². The van der Waals surface area contributed by atoms with E-state index in [9.17, 15) is 8.42 Å². The van der Waals surface area contributed by atoms with Gasteiger partial charge in [-0.2, -0.15) is 13.5 Å². The third kappa shape index (κ3) is 10.1. The molecule has 0 unspecified atom stereocenters. The van der Waals surface area contributed by atoms with Crippen molar-refractivity contribution in [2.24, 2.45) is 0 Å². The molecule has 0 amide bonds. The molecule has 0 saturated heterocycles. The Morgan fingerprint density at radius 3 is 2.50 bits per heavy atom. The van der Waals surface area contributed by atoms with Gasteiger partial charge in [-0.05, 0) is 0 Å². The zero-order chi connectivity index (χ0) is 11.0. The standard InChI is InChI=1S/C4H11NO7S2/c6-5(1-3-13-12-11-7)2-4-14(8,9)10/h6-7H,1-4H2,(H,8,9,10). The van der Waals surface area contributed by atoms with E-state index in [4.69, 9.17) is 15.0 Å². The number of hydroxylamine groups is 2. The quantitative estimate of drug-likeness (QED) is 0.174. The van der Waals surface area contributed by atoms with E-state index in [1.165, 1.54) is 0 Å². The van der Waals surface area contributed by atoms with Crippen molar-refractivity contribution in [3.8, 4) is 0 Å². The predicted molar refractivity (Wildman–Crippen MR) is 47.0 cm³/mol. The molecule has 0 aromatic carbocycles. The van der Waals surface area contributed by atoms with E-state index in [1.807, 2.05) is 0 Å². The largest absolute Gasteiger partial charge is 0.314 e. The van der Waals surface area contributed by atoms with E-state index >= 15 is 0 Å². The minimum absolute atomic E-state index is 0.101.